The van der Waals surface area contributed by atoms with E-state index in [1.54, 1.807) is 6.07 Å². The molecule has 2 aromatic rings. The maximum atomic E-state index is 13.5. The number of halogens is 1. The van der Waals surface area contributed by atoms with E-state index in [9.17, 15) is 14.0 Å². The number of benzene rings is 1. The quantitative estimate of drug-likeness (QED) is 0.874. The highest BCUT2D eigenvalue weighted by Gasteiger charge is 2.27. The van der Waals surface area contributed by atoms with Gasteiger partial charge in [0, 0.05) is 19.3 Å². The third-order valence-electron chi connectivity index (χ3n) is 5.04. The molecule has 132 valence electrons. The molecule has 1 saturated heterocycles. The average molecular weight is 345 g/mol. The van der Waals surface area contributed by atoms with Crippen LogP contribution in [-0.2, 0) is 11.2 Å². The molecule has 0 aliphatic carbocycles. The minimum Gasteiger partial charge on any atom is -0.381 e. The molecule has 2 aliphatic heterocycles. The number of aromatic amines is 1. The van der Waals surface area contributed by atoms with Crippen molar-refractivity contribution in [3.8, 4) is 0 Å². The standard InChI is InChI=1S/C18H20FN3O3/c19-12-3-1-2-11(10-12)15-5-4-14-16(20-15)21-18(24)22(17(14)23)13-6-8-25-9-7-13/h1-3,10,13,15,20H,4-9H2,(H,21,24). The first-order chi connectivity index (χ1) is 12.1. The Bertz CT molecular complexity index is 899. The summed E-state index contributed by atoms with van der Waals surface area (Å²) in [5, 5.41) is 3.19. The van der Waals surface area contributed by atoms with Crippen LogP contribution in [0.15, 0.2) is 33.9 Å². The van der Waals surface area contributed by atoms with E-state index in [0.717, 1.165) is 5.56 Å². The first-order valence-electron chi connectivity index (χ1n) is 8.61. The van der Waals surface area contributed by atoms with Gasteiger partial charge in [0.05, 0.1) is 11.6 Å². The van der Waals surface area contributed by atoms with Crippen LogP contribution >= 0.6 is 0 Å². The van der Waals surface area contributed by atoms with E-state index in [4.69, 9.17) is 4.74 Å². The van der Waals surface area contributed by atoms with Crippen LogP contribution in [0.4, 0.5) is 10.2 Å². The van der Waals surface area contributed by atoms with Gasteiger partial charge in [0.25, 0.3) is 5.56 Å². The number of hydrogen-bond acceptors (Lipinski definition) is 4. The monoisotopic (exact) mass is 345 g/mol. The minimum atomic E-state index is -0.400. The molecule has 0 bridgehead atoms. The Kier molecular flexibility index (Phi) is 4.17. The van der Waals surface area contributed by atoms with Crippen LogP contribution in [0.2, 0.25) is 0 Å². The largest absolute Gasteiger partial charge is 0.381 e. The fraction of sp³-hybridized carbons (Fsp3) is 0.444. The zero-order valence-corrected chi connectivity index (χ0v) is 13.8. The number of hydrogen-bond donors (Lipinski definition) is 2. The molecule has 7 heteroatoms. The minimum absolute atomic E-state index is 0.115. The number of ether oxygens (including phenoxy) is 1. The van der Waals surface area contributed by atoms with Gasteiger partial charge in [-0.15, -0.1) is 0 Å². The Hall–Kier alpha value is -2.41. The summed E-state index contributed by atoms with van der Waals surface area (Å²) in [6.07, 6.45) is 2.55. The summed E-state index contributed by atoms with van der Waals surface area (Å²) < 4.78 is 20.1. The average Bonchev–Trinajstić information content (AvgIpc) is 2.62. The molecule has 1 unspecified atom stereocenters. The highest BCUT2D eigenvalue weighted by atomic mass is 19.1. The van der Waals surface area contributed by atoms with Crippen LogP contribution in [0, 0.1) is 5.82 Å². The van der Waals surface area contributed by atoms with E-state index in [1.807, 2.05) is 6.07 Å². The Morgan fingerprint density at radius 3 is 2.72 bits per heavy atom. The Labute approximate surface area is 143 Å². The number of H-pyrrole nitrogens is 1. The molecule has 6 nitrogen and oxygen atoms in total. The first-order valence-corrected chi connectivity index (χ1v) is 8.61. The van der Waals surface area contributed by atoms with Crippen molar-refractivity contribution in [1.82, 2.24) is 9.55 Å². The molecule has 2 aliphatic rings. The molecule has 0 saturated carbocycles. The molecule has 1 aromatic carbocycles. The van der Waals surface area contributed by atoms with Crippen LogP contribution in [0.25, 0.3) is 0 Å². The number of aromatic nitrogens is 2. The topological polar surface area (TPSA) is 76.1 Å². The van der Waals surface area contributed by atoms with Crippen LogP contribution in [-0.4, -0.2) is 22.8 Å². The third-order valence-corrected chi connectivity index (χ3v) is 5.04. The smallest absolute Gasteiger partial charge is 0.330 e. The lowest BCUT2D eigenvalue weighted by atomic mass is 9.95. The van der Waals surface area contributed by atoms with E-state index in [0.29, 0.717) is 50.3 Å². The molecule has 0 radical (unpaired) electrons. The van der Waals surface area contributed by atoms with E-state index in [-0.39, 0.29) is 23.5 Å². The Balaban J connectivity index is 1.68. The van der Waals surface area contributed by atoms with E-state index in [1.165, 1.54) is 16.7 Å². The summed E-state index contributed by atoms with van der Waals surface area (Å²) in [5.74, 6) is 0.160. The molecule has 4 rings (SSSR count). The second-order valence-corrected chi connectivity index (χ2v) is 6.59. The van der Waals surface area contributed by atoms with Gasteiger partial charge in [-0.25, -0.2) is 9.18 Å². The predicted molar refractivity (Wildman–Crippen MR) is 91.5 cm³/mol. The third kappa shape index (κ3) is 3.00. The van der Waals surface area contributed by atoms with Crippen LogP contribution in [0.5, 0.6) is 0 Å². The van der Waals surface area contributed by atoms with Crippen molar-refractivity contribution < 1.29 is 9.13 Å². The molecule has 25 heavy (non-hydrogen) atoms. The fourth-order valence-electron chi connectivity index (χ4n) is 3.73. The zero-order valence-electron chi connectivity index (χ0n) is 13.8. The number of anilines is 1. The first kappa shape index (κ1) is 16.1. The van der Waals surface area contributed by atoms with Gasteiger partial charge in [0.2, 0.25) is 0 Å². The van der Waals surface area contributed by atoms with Crippen molar-refractivity contribution >= 4 is 5.82 Å². The van der Waals surface area contributed by atoms with Gasteiger partial charge in [-0.3, -0.25) is 14.3 Å². The number of fused-ring (bicyclic) bond motifs is 1. The highest BCUT2D eigenvalue weighted by molar-refractivity contribution is 5.48. The lowest BCUT2D eigenvalue weighted by molar-refractivity contribution is 0.0673. The van der Waals surface area contributed by atoms with E-state index in [2.05, 4.69) is 10.3 Å². The molecule has 1 aromatic heterocycles. The molecule has 2 N–H and O–H groups in total. The van der Waals surface area contributed by atoms with Gasteiger partial charge in [0.1, 0.15) is 11.6 Å². The van der Waals surface area contributed by atoms with Crippen LogP contribution < -0.4 is 16.6 Å². The van der Waals surface area contributed by atoms with Crippen LogP contribution in [0.1, 0.15) is 42.5 Å². The van der Waals surface area contributed by atoms with Gasteiger partial charge in [-0.1, -0.05) is 12.1 Å². The fourth-order valence-corrected chi connectivity index (χ4v) is 3.73. The summed E-state index contributed by atoms with van der Waals surface area (Å²) in [6.45, 7) is 1.13. The van der Waals surface area contributed by atoms with Crippen molar-refractivity contribution in [2.45, 2.75) is 37.8 Å². The molecule has 0 spiro atoms. The van der Waals surface area contributed by atoms with Crippen LogP contribution in [0.3, 0.4) is 0 Å². The van der Waals surface area contributed by atoms with Crippen molar-refractivity contribution in [2.24, 2.45) is 0 Å². The molecular formula is C18H20FN3O3. The summed E-state index contributed by atoms with van der Waals surface area (Å²) in [4.78, 5) is 28.1. The summed E-state index contributed by atoms with van der Waals surface area (Å²) in [5.41, 5.74) is 0.776. The van der Waals surface area contributed by atoms with Gasteiger partial charge in [0.15, 0.2) is 0 Å². The zero-order chi connectivity index (χ0) is 17.4. The molecule has 0 amide bonds. The number of rotatable bonds is 2. The Morgan fingerprint density at radius 1 is 1.16 bits per heavy atom. The van der Waals surface area contributed by atoms with Gasteiger partial charge >= 0.3 is 5.69 Å². The van der Waals surface area contributed by atoms with E-state index < -0.39 is 5.69 Å². The summed E-state index contributed by atoms with van der Waals surface area (Å²) >= 11 is 0. The number of nitrogens with zero attached hydrogens (tertiary/aromatic N) is 1. The maximum absolute atomic E-state index is 13.5. The maximum Gasteiger partial charge on any atom is 0.330 e. The lowest BCUT2D eigenvalue weighted by Crippen LogP contribution is -2.43. The van der Waals surface area contributed by atoms with Crippen molar-refractivity contribution in [2.75, 3.05) is 18.5 Å². The van der Waals surface area contributed by atoms with Gasteiger partial charge in [-0.05, 0) is 43.4 Å². The lowest BCUT2D eigenvalue weighted by Gasteiger charge is -2.29. The normalized spacial score (nSPS) is 20.8. The van der Waals surface area contributed by atoms with Gasteiger partial charge in [-0.2, -0.15) is 0 Å². The molecule has 1 atom stereocenters. The van der Waals surface area contributed by atoms with Gasteiger partial charge < -0.3 is 10.1 Å². The second-order valence-electron chi connectivity index (χ2n) is 6.59. The predicted octanol–water partition coefficient (Wildman–Crippen LogP) is 2.13. The number of nitrogens with one attached hydrogen (secondary N) is 2. The van der Waals surface area contributed by atoms with E-state index >= 15 is 0 Å². The Morgan fingerprint density at radius 2 is 1.96 bits per heavy atom. The highest BCUT2D eigenvalue weighted by Crippen LogP contribution is 2.30. The molecule has 1 fully saturated rings. The second kappa shape index (κ2) is 6.48. The van der Waals surface area contributed by atoms with Crippen molar-refractivity contribution in [1.29, 1.82) is 0 Å². The SMILES string of the molecule is O=c1[nH]c2c(c(=O)n1C1CCOCC1)CCC(c1cccc(F)c1)N2. The van der Waals surface area contributed by atoms with Crippen molar-refractivity contribution in [3.63, 3.8) is 0 Å². The summed E-state index contributed by atoms with van der Waals surface area (Å²) in [7, 11) is 0. The summed E-state index contributed by atoms with van der Waals surface area (Å²) in [6, 6.07) is 6.13. The molecule has 3 heterocycles. The molecular weight excluding hydrogens is 325 g/mol. The van der Waals surface area contributed by atoms with Crippen molar-refractivity contribution in [3.05, 3.63) is 62.0 Å².